The highest BCUT2D eigenvalue weighted by molar-refractivity contribution is 7.22. The van der Waals surface area contributed by atoms with Crippen molar-refractivity contribution < 1.29 is 4.79 Å². The van der Waals surface area contributed by atoms with Crippen LogP contribution in [-0.4, -0.2) is 21.1 Å². The number of H-pyrrole nitrogens is 1. The highest BCUT2D eigenvalue weighted by Gasteiger charge is 2.08. The second kappa shape index (κ2) is 4.69. The molecule has 0 bridgehead atoms. The number of carbonyl (C=O) groups is 1. The van der Waals surface area contributed by atoms with Gasteiger partial charge in [0.2, 0.25) is 0 Å². The minimum absolute atomic E-state index is 0.130. The first-order valence-corrected chi connectivity index (χ1v) is 6.46. The summed E-state index contributed by atoms with van der Waals surface area (Å²) in [4.78, 5) is 16.2. The molecule has 0 aliphatic carbocycles. The molecule has 0 fully saturated rings. The van der Waals surface area contributed by atoms with Crippen LogP contribution in [0.15, 0.2) is 30.6 Å². The van der Waals surface area contributed by atoms with E-state index in [1.807, 2.05) is 0 Å². The van der Waals surface area contributed by atoms with Crippen molar-refractivity contribution >= 4 is 32.6 Å². The Labute approximate surface area is 112 Å². The summed E-state index contributed by atoms with van der Waals surface area (Å²) in [5.74, 6) is -0.130. The van der Waals surface area contributed by atoms with Crippen LogP contribution in [0, 0.1) is 0 Å². The van der Waals surface area contributed by atoms with E-state index in [0.717, 1.165) is 15.8 Å². The first kappa shape index (κ1) is 11.7. The van der Waals surface area contributed by atoms with Crippen LogP contribution in [0.25, 0.3) is 10.2 Å². The van der Waals surface area contributed by atoms with Gasteiger partial charge in [-0.25, -0.2) is 4.98 Å². The van der Waals surface area contributed by atoms with E-state index in [2.05, 4.69) is 20.5 Å². The van der Waals surface area contributed by atoms with Crippen LogP contribution in [0.3, 0.4) is 0 Å². The Bertz CT molecular complexity index is 719. The van der Waals surface area contributed by atoms with Crippen molar-refractivity contribution in [2.24, 2.45) is 0 Å². The number of nitrogens with one attached hydrogen (secondary N) is 2. The van der Waals surface area contributed by atoms with Crippen molar-refractivity contribution in [3.05, 3.63) is 41.7 Å². The zero-order valence-corrected chi connectivity index (χ0v) is 10.7. The number of amides is 1. The van der Waals surface area contributed by atoms with E-state index < -0.39 is 0 Å². The van der Waals surface area contributed by atoms with E-state index in [0.29, 0.717) is 17.2 Å². The van der Waals surface area contributed by atoms with Gasteiger partial charge in [-0.3, -0.25) is 9.89 Å². The van der Waals surface area contributed by atoms with Crippen LogP contribution in [0.1, 0.15) is 15.9 Å². The Kier molecular flexibility index (Phi) is 2.88. The van der Waals surface area contributed by atoms with Gasteiger partial charge in [-0.1, -0.05) is 11.3 Å². The number of rotatable bonds is 3. The number of aromatic amines is 1. The van der Waals surface area contributed by atoms with Gasteiger partial charge in [0.15, 0.2) is 5.13 Å². The molecule has 7 heteroatoms. The van der Waals surface area contributed by atoms with E-state index in [1.54, 1.807) is 30.6 Å². The zero-order chi connectivity index (χ0) is 13.2. The Hall–Kier alpha value is -2.41. The molecule has 3 rings (SSSR count). The highest BCUT2D eigenvalue weighted by atomic mass is 32.1. The molecule has 0 saturated carbocycles. The van der Waals surface area contributed by atoms with Crippen LogP contribution < -0.4 is 11.1 Å². The summed E-state index contributed by atoms with van der Waals surface area (Å²) in [5, 5.41) is 9.85. The van der Waals surface area contributed by atoms with E-state index in [4.69, 9.17) is 5.73 Å². The third kappa shape index (κ3) is 2.41. The Morgan fingerprint density at radius 3 is 3.16 bits per heavy atom. The van der Waals surface area contributed by atoms with E-state index >= 15 is 0 Å². The lowest BCUT2D eigenvalue weighted by atomic mass is 10.2. The van der Waals surface area contributed by atoms with Crippen molar-refractivity contribution in [2.45, 2.75) is 6.54 Å². The SMILES string of the molecule is Nc1nc2ccc(C(=O)NCc3cn[nH]c3)cc2s1. The summed E-state index contributed by atoms with van der Waals surface area (Å²) in [6.45, 7) is 0.443. The third-order valence-electron chi connectivity index (χ3n) is 2.68. The number of aromatic nitrogens is 3. The van der Waals surface area contributed by atoms with Crippen molar-refractivity contribution in [2.75, 3.05) is 5.73 Å². The number of nitrogens with two attached hydrogens (primary N) is 1. The summed E-state index contributed by atoms with van der Waals surface area (Å²) >= 11 is 1.37. The third-order valence-corrected chi connectivity index (χ3v) is 3.52. The molecule has 6 nitrogen and oxygen atoms in total. The molecule has 0 radical (unpaired) electrons. The molecule has 0 aliphatic heterocycles. The predicted molar refractivity (Wildman–Crippen MR) is 73.8 cm³/mol. The number of nitrogen functional groups attached to an aromatic ring is 1. The first-order valence-electron chi connectivity index (χ1n) is 5.64. The van der Waals surface area contributed by atoms with Gasteiger partial charge in [-0.2, -0.15) is 5.10 Å². The number of carbonyl (C=O) groups excluding carboxylic acids is 1. The molecule has 0 saturated heterocycles. The van der Waals surface area contributed by atoms with E-state index in [1.165, 1.54) is 11.3 Å². The molecule has 2 heterocycles. The summed E-state index contributed by atoms with van der Waals surface area (Å²) in [5.41, 5.74) is 7.97. The average Bonchev–Trinajstić information content (AvgIpc) is 3.02. The molecular formula is C12H11N5OS. The second-order valence-corrected chi connectivity index (χ2v) is 5.09. The molecular weight excluding hydrogens is 262 g/mol. The molecule has 0 unspecified atom stereocenters. The molecule has 96 valence electrons. The van der Waals surface area contributed by atoms with Crippen molar-refractivity contribution in [3.8, 4) is 0 Å². The van der Waals surface area contributed by atoms with Gasteiger partial charge in [0.25, 0.3) is 5.91 Å². The Balaban J connectivity index is 1.77. The average molecular weight is 273 g/mol. The van der Waals surface area contributed by atoms with E-state index in [-0.39, 0.29) is 5.91 Å². The molecule has 0 spiro atoms. The number of hydrogen-bond donors (Lipinski definition) is 3. The lowest BCUT2D eigenvalue weighted by Crippen LogP contribution is -2.22. The van der Waals surface area contributed by atoms with Gasteiger partial charge >= 0.3 is 0 Å². The topological polar surface area (TPSA) is 96.7 Å². The van der Waals surface area contributed by atoms with Crippen LogP contribution in [0.2, 0.25) is 0 Å². The number of fused-ring (bicyclic) bond motifs is 1. The Morgan fingerprint density at radius 1 is 1.47 bits per heavy atom. The maximum atomic E-state index is 12.0. The molecule has 3 aromatic rings. The molecule has 1 amide bonds. The minimum Gasteiger partial charge on any atom is -0.375 e. The lowest BCUT2D eigenvalue weighted by molar-refractivity contribution is 0.0951. The standard InChI is InChI=1S/C12H11N5OS/c13-12-17-9-2-1-8(3-10(9)19-12)11(18)14-4-7-5-15-16-6-7/h1-3,5-6H,4H2,(H2,13,17)(H,14,18)(H,15,16). The smallest absolute Gasteiger partial charge is 0.251 e. The predicted octanol–water partition coefficient (Wildman–Crippen LogP) is 1.53. The van der Waals surface area contributed by atoms with Crippen LogP contribution in [0.5, 0.6) is 0 Å². The number of anilines is 1. The maximum absolute atomic E-state index is 12.0. The zero-order valence-electron chi connectivity index (χ0n) is 9.88. The fourth-order valence-electron chi connectivity index (χ4n) is 1.74. The maximum Gasteiger partial charge on any atom is 0.251 e. The van der Waals surface area contributed by atoms with Gasteiger partial charge in [0, 0.05) is 23.9 Å². The van der Waals surface area contributed by atoms with Crippen molar-refractivity contribution in [3.63, 3.8) is 0 Å². The fraction of sp³-hybridized carbons (Fsp3) is 0.0833. The molecule has 1 aromatic carbocycles. The van der Waals surface area contributed by atoms with Crippen molar-refractivity contribution in [1.29, 1.82) is 0 Å². The summed E-state index contributed by atoms with van der Waals surface area (Å²) in [6.07, 6.45) is 3.42. The number of thiazole rings is 1. The van der Waals surface area contributed by atoms with Gasteiger partial charge in [0.1, 0.15) is 0 Å². The normalized spacial score (nSPS) is 10.7. The monoisotopic (exact) mass is 273 g/mol. The number of hydrogen-bond acceptors (Lipinski definition) is 5. The summed E-state index contributed by atoms with van der Waals surface area (Å²) < 4.78 is 0.911. The molecule has 4 N–H and O–H groups in total. The quantitative estimate of drug-likeness (QED) is 0.674. The summed E-state index contributed by atoms with van der Waals surface area (Å²) in [7, 11) is 0. The van der Waals surface area contributed by atoms with Crippen LogP contribution >= 0.6 is 11.3 Å². The van der Waals surface area contributed by atoms with Crippen LogP contribution in [0.4, 0.5) is 5.13 Å². The van der Waals surface area contributed by atoms with E-state index in [9.17, 15) is 4.79 Å². The summed E-state index contributed by atoms with van der Waals surface area (Å²) in [6, 6.07) is 5.34. The van der Waals surface area contributed by atoms with Gasteiger partial charge < -0.3 is 11.1 Å². The molecule has 0 atom stereocenters. The molecule has 2 aromatic heterocycles. The van der Waals surface area contributed by atoms with Gasteiger partial charge in [0.05, 0.1) is 16.4 Å². The van der Waals surface area contributed by atoms with Gasteiger partial charge in [-0.05, 0) is 18.2 Å². The lowest BCUT2D eigenvalue weighted by Gasteiger charge is -2.03. The van der Waals surface area contributed by atoms with Gasteiger partial charge in [-0.15, -0.1) is 0 Å². The highest BCUT2D eigenvalue weighted by Crippen LogP contribution is 2.24. The van der Waals surface area contributed by atoms with Crippen LogP contribution in [-0.2, 0) is 6.54 Å². The Morgan fingerprint density at radius 2 is 2.37 bits per heavy atom. The minimum atomic E-state index is -0.130. The first-order chi connectivity index (χ1) is 9.22. The largest absolute Gasteiger partial charge is 0.375 e. The fourth-order valence-corrected chi connectivity index (χ4v) is 2.52. The number of nitrogens with zero attached hydrogens (tertiary/aromatic N) is 2. The second-order valence-electron chi connectivity index (χ2n) is 4.02. The van der Waals surface area contributed by atoms with Crippen molar-refractivity contribution in [1.82, 2.24) is 20.5 Å². The molecule has 19 heavy (non-hydrogen) atoms. The molecule has 0 aliphatic rings. The number of benzene rings is 1.